The summed E-state index contributed by atoms with van der Waals surface area (Å²) in [4.78, 5) is 25.7. The standard InChI is InChI=1S/C13H14N2O2/c1-15(2)7-10-11(14)8-5-3-4-6-9(8)12(16)13(10)17/h3-6H,7,14H2,1-2H3/p+1. The van der Waals surface area contributed by atoms with Crippen molar-refractivity contribution in [3.8, 4) is 0 Å². The molecule has 1 aliphatic rings. The third-order valence-electron chi connectivity index (χ3n) is 2.82. The zero-order chi connectivity index (χ0) is 12.6. The molecule has 4 nitrogen and oxygen atoms in total. The Bertz CT molecular complexity index is 530. The van der Waals surface area contributed by atoms with Crippen molar-refractivity contribution >= 4 is 17.3 Å². The monoisotopic (exact) mass is 231 g/mol. The van der Waals surface area contributed by atoms with Crippen LogP contribution in [0.4, 0.5) is 0 Å². The molecule has 0 aliphatic heterocycles. The van der Waals surface area contributed by atoms with Gasteiger partial charge in [0.15, 0.2) is 0 Å². The van der Waals surface area contributed by atoms with Crippen molar-refractivity contribution in [1.29, 1.82) is 0 Å². The first-order valence-corrected chi connectivity index (χ1v) is 5.40. The fraction of sp³-hybridized carbons (Fsp3) is 0.231. The summed E-state index contributed by atoms with van der Waals surface area (Å²) in [5.74, 6) is -0.854. The van der Waals surface area contributed by atoms with Gasteiger partial charge in [0.25, 0.3) is 0 Å². The largest absolute Gasteiger partial charge is 0.324 e. The van der Waals surface area contributed by atoms with Crippen LogP contribution in [0.25, 0.3) is 5.70 Å². The molecule has 0 radical (unpaired) electrons. The molecular weight excluding hydrogens is 216 g/mol. The van der Waals surface area contributed by atoms with Crippen LogP contribution in [0.15, 0.2) is 29.8 Å². The quantitative estimate of drug-likeness (QED) is 0.727. The average molecular weight is 231 g/mol. The second-order valence-electron chi connectivity index (χ2n) is 4.40. The van der Waals surface area contributed by atoms with Gasteiger partial charge in [0.1, 0.15) is 5.70 Å². The number of benzene rings is 1. The number of fused-ring (bicyclic) bond motifs is 1. The second kappa shape index (κ2) is 4.24. The van der Waals surface area contributed by atoms with Crippen molar-refractivity contribution in [2.45, 2.75) is 0 Å². The molecule has 3 N–H and O–H groups in total. The van der Waals surface area contributed by atoms with E-state index in [1.807, 2.05) is 31.1 Å². The predicted molar refractivity (Wildman–Crippen MR) is 64.1 cm³/mol. The second-order valence-corrected chi connectivity index (χ2v) is 4.40. The number of carbonyl (C=O) groups excluding carboxylic acids is 2. The number of carbonyl (C=O) groups is 2. The number of nitrogens with zero attached hydrogens (tertiary/aromatic N) is 1. The minimum Gasteiger partial charge on any atom is -0.324 e. The van der Waals surface area contributed by atoms with E-state index in [2.05, 4.69) is 5.73 Å². The summed E-state index contributed by atoms with van der Waals surface area (Å²) >= 11 is 0. The van der Waals surface area contributed by atoms with Crippen LogP contribution >= 0.6 is 0 Å². The van der Waals surface area contributed by atoms with Crippen molar-refractivity contribution < 1.29 is 15.3 Å². The molecule has 2 rings (SSSR count). The summed E-state index contributed by atoms with van der Waals surface area (Å²) in [6, 6.07) is 7.11. The van der Waals surface area contributed by atoms with E-state index in [1.54, 1.807) is 12.1 Å². The third kappa shape index (κ3) is 1.92. The van der Waals surface area contributed by atoms with Crippen molar-refractivity contribution in [1.82, 2.24) is 4.90 Å². The summed E-state index contributed by atoms with van der Waals surface area (Å²) in [7, 11) is 3.72. The van der Waals surface area contributed by atoms with Gasteiger partial charge in [-0.1, -0.05) is 18.2 Å². The molecule has 0 saturated heterocycles. The third-order valence-corrected chi connectivity index (χ3v) is 2.82. The van der Waals surface area contributed by atoms with Gasteiger partial charge in [0.2, 0.25) is 11.6 Å². The average Bonchev–Trinajstić information content (AvgIpc) is 2.31. The molecule has 17 heavy (non-hydrogen) atoms. The van der Waals surface area contributed by atoms with Crippen LogP contribution in [0.2, 0.25) is 0 Å². The Hall–Kier alpha value is -1.78. The van der Waals surface area contributed by atoms with E-state index in [4.69, 9.17) is 0 Å². The lowest BCUT2D eigenvalue weighted by atomic mass is 9.87. The van der Waals surface area contributed by atoms with E-state index >= 15 is 0 Å². The summed E-state index contributed by atoms with van der Waals surface area (Å²) in [5.41, 5.74) is 6.34. The lowest BCUT2D eigenvalue weighted by Gasteiger charge is -2.18. The molecule has 0 atom stereocenters. The highest BCUT2D eigenvalue weighted by Gasteiger charge is 2.33. The predicted octanol–water partition coefficient (Wildman–Crippen LogP) is -0.0334. The first-order valence-electron chi connectivity index (χ1n) is 5.40. The molecule has 0 spiro atoms. The molecule has 0 saturated carbocycles. The van der Waals surface area contributed by atoms with Crippen molar-refractivity contribution in [3.05, 3.63) is 41.0 Å². The normalized spacial score (nSPS) is 15.5. The molecule has 1 aliphatic carbocycles. The van der Waals surface area contributed by atoms with Gasteiger partial charge < -0.3 is 10.6 Å². The Labute approximate surface area is 99.7 Å². The van der Waals surface area contributed by atoms with E-state index in [-0.39, 0.29) is 0 Å². The van der Waals surface area contributed by atoms with E-state index in [1.165, 1.54) is 0 Å². The number of likely N-dealkylation sites (N-methyl/N-ethyl adjacent to an activating group) is 1. The van der Waals surface area contributed by atoms with Crippen LogP contribution in [0.5, 0.6) is 0 Å². The SMILES string of the molecule is CN(C)CC1=C([NH3+])c2ccccc2C(=O)C1=O. The fourth-order valence-electron chi connectivity index (χ4n) is 1.99. The highest BCUT2D eigenvalue weighted by Crippen LogP contribution is 2.24. The molecule has 1 aromatic rings. The number of quaternary nitrogens is 1. The van der Waals surface area contributed by atoms with E-state index in [9.17, 15) is 9.59 Å². The van der Waals surface area contributed by atoms with Crippen molar-refractivity contribution in [2.75, 3.05) is 20.6 Å². The van der Waals surface area contributed by atoms with E-state index < -0.39 is 11.6 Å². The number of Topliss-reactive ketones (excluding diaryl/α,β-unsaturated/α-hetero) is 2. The van der Waals surface area contributed by atoms with Gasteiger partial charge in [0, 0.05) is 17.7 Å². The van der Waals surface area contributed by atoms with Crippen molar-refractivity contribution in [2.24, 2.45) is 0 Å². The summed E-state index contributed by atoms with van der Waals surface area (Å²) < 4.78 is 0. The minimum atomic E-state index is -0.428. The number of ketones is 2. The van der Waals surface area contributed by atoms with Gasteiger partial charge in [-0.3, -0.25) is 9.59 Å². The maximum atomic E-state index is 12.0. The molecule has 0 fully saturated rings. The first kappa shape index (κ1) is 11.7. The molecule has 1 aromatic carbocycles. The Morgan fingerprint density at radius 3 is 2.24 bits per heavy atom. The van der Waals surface area contributed by atoms with Crippen LogP contribution in [-0.2, 0) is 4.79 Å². The highest BCUT2D eigenvalue weighted by atomic mass is 16.2. The molecule has 0 unspecified atom stereocenters. The van der Waals surface area contributed by atoms with Gasteiger partial charge in [-0.05, 0) is 20.2 Å². The number of hydrogen-bond donors (Lipinski definition) is 1. The smallest absolute Gasteiger partial charge is 0.236 e. The Balaban J connectivity index is 2.60. The Morgan fingerprint density at radius 2 is 1.65 bits per heavy atom. The van der Waals surface area contributed by atoms with Crippen LogP contribution in [0.3, 0.4) is 0 Å². The number of hydrogen-bond acceptors (Lipinski definition) is 3. The maximum absolute atomic E-state index is 12.0. The van der Waals surface area contributed by atoms with Gasteiger partial charge in [-0.25, -0.2) is 0 Å². The highest BCUT2D eigenvalue weighted by molar-refractivity contribution is 6.52. The zero-order valence-electron chi connectivity index (χ0n) is 9.99. The van der Waals surface area contributed by atoms with Crippen LogP contribution in [0, 0.1) is 0 Å². The molecule has 4 heteroatoms. The van der Waals surface area contributed by atoms with Gasteiger partial charge >= 0.3 is 0 Å². The molecule has 0 bridgehead atoms. The first-order chi connectivity index (χ1) is 8.02. The topological polar surface area (TPSA) is 65.0 Å². The number of rotatable bonds is 2. The summed E-state index contributed by atoms with van der Waals surface area (Å²) in [6.45, 7) is 0.442. The van der Waals surface area contributed by atoms with Gasteiger partial charge in [-0.15, -0.1) is 0 Å². The van der Waals surface area contributed by atoms with Crippen LogP contribution < -0.4 is 5.73 Å². The van der Waals surface area contributed by atoms with Crippen LogP contribution in [-0.4, -0.2) is 37.1 Å². The molecule has 0 amide bonds. The zero-order valence-corrected chi connectivity index (χ0v) is 9.99. The lowest BCUT2D eigenvalue weighted by Crippen LogP contribution is -2.51. The van der Waals surface area contributed by atoms with E-state index in [0.29, 0.717) is 23.4 Å². The summed E-state index contributed by atoms with van der Waals surface area (Å²) in [6.07, 6.45) is 0. The van der Waals surface area contributed by atoms with Crippen LogP contribution in [0.1, 0.15) is 15.9 Å². The molecular formula is C13H15N2O2+. The fourth-order valence-corrected chi connectivity index (χ4v) is 1.99. The lowest BCUT2D eigenvalue weighted by molar-refractivity contribution is -0.245. The maximum Gasteiger partial charge on any atom is 0.236 e. The van der Waals surface area contributed by atoms with Gasteiger partial charge in [-0.2, -0.15) is 0 Å². The molecule has 0 heterocycles. The molecule has 0 aromatic heterocycles. The van der Waals surface area contributed by atoms with Gasteiger partial charge in [0.05, 0.1) is 5.57 Å². The van der Waals surface area contributed by atoms with E-state index in [0.717, 1.165) is 5.56 Å². The Morgan fingerprint density at radius 1 is 1.06 bits per heavy atom. The minimum absolute atomic E-state index is 0.426. The van der Waals surface area contributed by atoms with Crippen molar-refractivity contribution in [3.63, 3.8) is 0 Å². The molecule has 88 valence electrons. The Kier molecular flexibility index (Phi) is 2.92. The summed E-state index contributed by atoms with van der Waals surface area (Å²) in [5, 5.41) is 0.